The SMILES string of the molecule is O=C(NCC1CCCO1)C(=O)NCC(c1cccs1)S(=O)(=O)c1ccc(Cl)cc1. The Morgan fingerprint density at radius 2 is 1.90 bits per heavy atom. The molecule has 1 aliphatic heterocycles. The van der Waals surface area contributed by atoms with Crippen LogP contribution in [-0.4, -0.2) is 46.0 Å². The van der Waals surface area contributed by atoms with E-state index in [4.69, 9.17) is 16.3 Å². The van der Waals surface area contributed by atoms with Crippen molar-refractivity contribution in [2.45, 2.75) is 29.1 Å². The Morgan fingerprint density at radius 1 is 1.17 bits per heavy atom. The van der Waals surface area contributed by atoms with E-state index in [0.717, 1.165) is 12.8 Å². The van der Waals surface area contributed by atoms with Crippen LogP contribution in [-0.2, 0) is 24.2 Å². The molecule has 2 aromatic rings. The minimum Gasteiger partial charge on any atom is -0.376 e. The largest absolute Gasteiger partial charge is 0.376 e. The summed E-state index contributed by atoms with van der Waals surface area (Å²) in [4.78, 5) is 24.8. The standard InChI is InChI=1S/C19H21ClN2O5S2/c20-13-5-7-15(8-6-13)29(25,26)17(16-4-2-10-28-16)12-22-19(24)18(23)21-11-14-3-1-9-27-14/h2,4-8,10,14,17H,1,3,9,11-12H2,(H,21,23)(H,22,24). The third kappa shape index (κ3) is 5.57. The van der Waals surface area contributed by atoms with E-state index in [9.17, 15) is 18.0 Å². The number of halogens is 1. The van der Waals surface area contributed by atoms with Crippen molar-refractivity contribution in [1.82, 2.24) is 10.6 Å². The molecule has 3 rings (SSSR count). The highest BCUT2D eigenvalue weighted by Gasteiger charge is 2.31. The van der Waals surface area contributed by atoms with Gasteiger partial charge in [0.05, 0.1) is 11.0 Å². The molecule has 2 unspecified atom stereocenters. The number of hydrogen-bond acceptors (Lipinski definition) is 6. The first-order chi connectivity index (χ1) is 13.9. The van der Waals surface area contributed by atoms with Crippen LogP contribution >= 0.6 is 22.9 Å². The molecular formula is C19H21ClN2O5S2. The number of hydrogen-bond donors (Lipinski definition) is 2. The highest BCUT2D eigenvalue weighted by Crippen LogP contribution is 2.31. The molecule has 2 heterocycles. The van der Waals surface area contributed by atoms with Crippen molar-refractivity contribution in [1.29, 1.82) is 0 Å². The summed E-state index contributed by atoms with van der Waals surface area (Å²) in [7, 11) is -3.80. The van der Waals surface area contributed by atoms with Crippen LogP contribution in [0.5, 0.6) is 0 Å². The van der Waals surface area contributed by atoms with Gasteiger partial charge in [-0.15, -0.1) is 11.3 Å². The molecule has 0 bridgehead atoms. The molecule has 0 aliphatic carbocycles. The van der Waals surface area contributed by atoms with Crippen molar-refractivity contribution in [3.8, 4) is 0 Å². The highest BCUT2D eigenvalue weighted by molar-refractivity contribution is 7.91. The van der Waals surface area contributed by atoms with Gasteiger partial charge in [-0.2, -0.15) is 0 Å². The lowest BCUT2D eigenvalue weighted by Gasteiger charge is -2.17. The number of amides is 2. The first-order valence-corrected chi connectivity index (χ1v) is 11.9. The lowest BCUT2D eigenvalue weighted by Crippen LogP contribution is -2.44. The van der Waals surface area contributed by atoms with Crippen molar-refractivity contribution >= 4 is 44.6 Å². The quantitative estimate of drug-likeness (QED) is 0.622. The molecule has 0 saturated carbocycles. The van der Waals surface area contributed by atoms with Crippen LogP contribution < -0.4 is 10.6 Å². The predicted octanol–water partition coefficient (Wildman–Crippen LogP) is 2.33. The Hall–Kier alpha value is -1.94. The van der Waals surface area contributed by atoms with Crippen molar-refractivity contribution in [3.05, 3.63) is 51.7 Å². The molecule has 1 aliphatic rings. The van der Waals surface area contributed by atoms with Gasteiger partial charge in [0.25, 0.3) is 0 Å². The van der Waals surface area contributed by atoms with Crippen molar-refractivity contribution in [2.75, 3.05) is 19.7 Å². The maximum atomic E-state index is 13.1. The number of thiophene rings is 1. The zero-order chi connectivity index (χ0) is 20.9. The second kappa shape index (κ2) is 9.71. The fourth-order valence-corrected chi connectivity index (χ4v) is 5.89. The molecule has 156 valence electrons. The molecule has 2 N–H and O–H groups in total. The molecule has 1 aromatic heterocycles. The molecule has 2 amide bonds. The number of rotatable bonds is 7. The average molecular weight is 457 g/mol. The molecule has 1 saturated heterocycles. The maximum absolute atomic E-state index is 13.1. The lowest BCUT2D eigenvalue weighted by molar-refractivity contribution is -0.139. The second-order valence-electron chi connectivity index (χ2n) is 6.56. The van der Waals surface area contributed by atoms with Gasteiger partial charge in [0.15, 0.2) is 9.84 Å². The molecule has 2 atom stereocenters. The van der Waals surface area contributed by atoms with E-state index in [1.54, 1.807) is 17.5 Å². The number of nitrogens with one attached hydrogen (secondary N) is 2. The normalized spacial score (nSPS) is 17.6. The Kier molecular flexibility index (Phi) is 7.28. The van der Waals surface area contributed by atoms with Gasteiger partial charge >= 0.3 is 11.8 Å². The summed E-state index contributed by atoms with van der Waals surface area (Å²) >= 11 is 7.12. The van der Waals surface area contributed by atoms with Gasteiger partial charge in [-0.1, -0.05) is 17.7 Å². The molecule has 29 heavy (non-hydrogen) atoms. The van der Waals surface area contributed by atoms with E-state index < -0.39 is 26.9 Å². The van der Waals surface area contributed by atoms with Gasteiger partial charge in [-0.3, -0.25) is 9.59 Å². The van der Waals surface area contributed by atoms with Crippen LogP contribution in [0.25, 0.3) is 0 Å². The molecule has 0 radical (unpaired) electrons. The Bertz CT molecular complexity index is 939. The van der Waals surface area contributed by atoms with Crippen molar-refractivity contribution in [3.63, 3.8) is 0 Å². The molecule has 0 spiro atoms. The Balaban J connectivity index is 1.67. The zero-order valence-electron chi connectivity index (χ0n) is 15.5. The monoisotopic (exact) mass is 456 g/mol. The van der Waals surface area contributed by atoms with E-state index in [1.807, 2.05) is 0 Å². The summed E-state index contributed by atoms with van der Waals surface area (Å²) in [5.74, 6) is -1.69. The zero-order valence-corrected chi connectivity index (χ0v) is 17.9. The van der Waals surface area contributed by atoms with Crippen LogP contribution in [0, 0.1) is 0 Å². The van der Waals surface area contributed by atoms with Gasteiger partial charge in [0.1, 0.15) is 5.25 Å². The van der Waals surface area contributed by atoms with Gasteiger partial charge in [0, 0.05) is 29.6 Å². The van der Waals surface area contributed by atoms with Crippen LogP contribution in [0.1, 0.15) is 23.0 Å². The summed E-state index contributed by atoms with van der Waals surface area (Å²) in [6.45, 7) is 0.680. The van der Waals surface area contributed by atoms with E-state index in [-0.39, 0.29) is 24.1 Å². The molecule has 1 fully saturated rings. The third-order valence-electron chi connectivity index (χ3n) is 4.55. The first kappa shape index (κ1) is 21.8. The van der Waals surface area contributed by atoms with Crippen molar-refractivity contribution in [2.24, 2.45) is 0 Å². The third-order valence-corrected chi connectivity index (χ3v) is 8.03. The van der Waals surface area contributed by atoms with Crippen LogP contribution in [0.3, 0.4) is 0 Å². The van der Waals surface area contributed by atoms with Gasteiger partial charge in [0.2, 0.25) is 0 Å². The van der Waals surface area contributed by atoms with Gasteiger partial charge in [-0.25, -0.2) is 8.42 Å². The van der Waals surface area contributed by atoms with Crippen LogP contribution in [0.2, 0.25) is 5.02 Å². The summed E-state index contributed by atoms with van der Waals surface area (Å²) in [6, 6.07) is 9.27. The Morgan fingerprint density at radius 3 is 2.52 bits per heavy atom. The maximum Gasteiger partial charge on any atom is 0.309 e. The van der Waals surface area contributed by atoms with Crippen molar-refractivity contribution < 1.29 is 22.7 Å². The molecule has 7 nitrogen and oxygen atoms in total. The van der Waals surface area contributed by atoms with E-state index >= 15 is 0 Å². The predicted molar refractivity (Wildman–Crippen MR) is 111 cm³/mol. The van der Waals surface area contributed by atoms with Crippen LogP contribution in [0.4, 0.5) is 0 Å². The van der Waals surface area contributed by atoms with E-state index in [1.165, 1.54) is 35.6 Å². The molecular weight excluding hydrogens is 436 g/mol. The molecule has 10 heteroatoms. The Labute approximate surface area is 178 Å². The highest BCUT2D eigenvalue weighted by atomic mass is 35.5. The number of sulfone groups is 1. The minimum absolute atomic E-state index is 0.0871. The number of ether oxygens (including phenoxy) is 1. The fourth-order valence-electron chi connectivity index (χ4n) is 2.98. The summed E-state index contributed by atoms with van der Waals surface area (Å²) in [6.07, 6.45) is 1.68. The number of carbonyl (C=O) groups excluding carboxylic acids is 2. The van der Waals surface area contributed by atoms with Crippen LogP contribution in [0.15, 0.2) is 46.7 Å². The van der Waals surface area contributed by atoms with E-state index in [2.05, 4.69) is 10.6 Å². The molecule has 1 aromatic carbocycles. The lowest BCUT2D eigenvalue weighted by atomic mass is 10.2. The summed E-state index contributed by atoms with van der Waals surface area (Å²) in [5, 5.41) is 6.13. The summed E-state index contributed by atoms with van der Waals surface area (Å²) < 4.78 is 31.6. The number of benzene rings is 1. The fraction of sp³-hybridized carbons (Fsp3) is 0.368. The topological polar surface area (TPSA) is 102 Å². The number of carbonyl (C=O) groups is 2. The van der Waals surface area contributed by atoms with Gasteiger partial charge < -0.3 is 15.4 Å². The minimum atomic E-state index is -3.80. The van der Waals surface area contributed by atoms with E-state index in [0.29, 0.717) is 16.5 Å². The average Bonchev–Trinajstić information content (AvgIpc) is 3.40. The second-order valence-corrected chi connectivity index (χ2v) is 10.1. The smallest absolute Gasteiger partial charge is 0.309 e. The first-order valence-electron chi connectivity index (χ1n) is 9.08. The van der Waals surface area contributed by atoms with Gasteiger partial charge in [-0.05, 0) is 48.6 Å². The summed E-state index contributed by atoms with van der Waals surface area (Å²) in [5.41, 5.74) is 0.